The highest BCUT2D eigenvalue weighted by molar-refractivity contribution is 6.04. The van der Waals surface area contributed by atoms with Crippen LogP contribution >= 0.6 is 0 Å². The van der Waals surface area contributed by atoms with Crippen molar-refractivity contribution >= 4 is 35.4 Å². The summed E-state index contributed by atoms with van der Waals surface area (Å²) in [6.07, 6.45) is 1.15. The zero-order valence-corrected chi connectivity index (χ0v) is 21.6. The molecule has 2 amide bonds. The summed E-state index contributed by atoms with van der Waals surface area (Å²) >= 11 is 0. The standard InChI is InChI=1S/C30H24N4O6/c1-19-6-10-21(11-7-19)28(35)32-25-16-14-22(15-17-25)29(36)33-31-18-24-4-3-5-26(34(38)39)27(24)40-30(37)23-12-8-20(2)9-13-23/h3-18H,1-2H3,(H,32,35)(H,33,36)/b31-18+. The molecule has 4 rings (SSSR count). The van der Waals surface area contributed by atoms with Crippen LogP contribution < -0.4 is 15.5 Å². The lowest BCUT2D eigenvalue weighted by atomic mass is 10.1. The van der Waals surface area contributed by atoms with E-state index in [1.807, 2.05) is 26.0 Å². The number of aryl methyl sites for hydroxylation is 2. The van der Waals surface area contributed by atoms with Crippen LogP contribution in [0.1, 0.15) is 47.8 Å². The smallest absolute Gasteiger partial charge is 0.343 e. The van der Waals surface area contributed by atoms with E-state index < -0.39 is 22.5 Å². The van der Waals surface area contributed by atoms with Crippen molar-refractivity contribution in [3.05, 3.63) is 134 Å². The number of carbonyl (C=O) groups is 3. The minimum Gasteiger partial charge on any atom is -0.415 e. The minimum absolute atomic E-state index is 0.115. The number of nitro benzene ring substituents is 1. The summed E-state index contributed by atoms with van der Waals surface area (Å²) in [4.78, 5) is 48.5. The number of anilines is 1. The van der Waals surface area contributed by atoms with E-state index in [4.69, 9.17) is 4.74 Å². The van der Waals surface area contributed by atoms with Crippen molar-refractivity contribution in [1.29, 1.82) is 0 Å². The van der Waals surface area contributed by atoms with Crippen molar-refractivity contribution in [1.82, 2.24) is 5.43 Å². The van der Waals surface area contributed by atoms with Crippen molar-refractivity contribution in [3.63, 3.8) is 0 Å². The summed E-state index contributed by atoms with van der Waals surface area (Å²) in [5.41, 5.74) is 5.49. The van der Waals surface area contributed by atoms with Gasteiger partial charge in [0, 0.05) is 28.4 Å². The van der Waals surface area contributed by atoms with Crippen molar-refractivity contribution in [3.8, 4) is 5.75 Å². The van der Waals surface area contributed by atoms with Gasteiger partial charge in [-0.2, -0.15) is 5.10 Å². The van der Waals surface area contributed by atoms with Gasteiger partial charge >= 0.3 is 11.7 Å². The van der Waals surface area contributed by atoms with Crippen molar-refractivity contribution in [2.45, 2.75) is 13.8 Å². The largest absolute Gasteiger partial charge is 0.415 e. The molecule has 0 bridgehead atoms. The second-order valence-corrected chi connectivity index (χ2v) is 8.80. The van der Waals surface area contributed by atoms with Gasteiger partial charge in [0.1, 0.15) is 0 Å². The SMILES string of the molecule is Cc1ccc(C(=O)Nc2ccc(C(=O)N/N=C/c3cccc([N+](=O)[O-])c3OC(=O)c3ccc(C)cc3)cc2)cc1. The lowest BCUT2D eigenvalue weighted by molar-refractivity contribution is -0.385. The summed E-state index contributed by atoms with van der Waals surface area (Å²) in [6, 6.07) is 23.9. The molecule has 4 aromatic rings. The highest BCUT2D eigenvalue weighted by Crippen LogP contribution is 2.30. The van der Waals surface area contributed by atoms with Gasteiger partial charge in [-0.25, -0.2) is 10.2 Å². The molecule has 0 saturated heterocycles. The molecular weight excluding hydrogens is 512 g/mol. The maximum atomic E-state index is 12.6. The molecular formula is C30H24N4O6. The number of benzene rings is 4. The van der Waals surface area contributed by atoms with Crippen LogP contribution in [0, 0.1) is 24.0 Å². The summed E-state index contributed by atoms with van der Waals surface area (Å²) in [6.45, 7) is 3.79. The van der Waals surface area contributed by atoms with E-state index in [0.717, 1.165) is 17.3 Å². The number of rotatable bonds is 8. The van der Waals surface area contributed by atoms with Crippen LogP contribution in [0.5, 0.6) is 5.75 Å². The molecule has 0 saturated carbocycles. The Morgan fingerprint density at radius 1 is 0.775 bits per heavy atom. The maximum Gasteiger partial charge on any atom is 0.343 e. The van der Waals surface area contributed by atoms with Crippen LogP contribution in [0.2, 0.25) is 0 Å². The Bertz CT molecular complexity index is 1600. The number of nitrogens with zero attached hydrogens (tertiary/aromatic N) is 2. The molecule has 0 unspecified atom stereocenters. The van der Waals surface area contributed by atoms with Crippen LogP contribution in [0.4, 0.5) is 11.4 Å². The topological polar surface area (TPSA) is 140 Å². The molecule has 0 spiro atoms. The quantitative estimate of drug-likeness (QED) is 0.101. The Labute approximate surface area is 229 Å². The van der Waals surface area contributed by atoms with E-state index in [-0.39, 0.29) is 28.3 Å². The van der Waals surface area contributed by atoms with Crippen LogP contribution in [-0.4, -0.2) is 28.9 Å². The third-order valence-corrected chi connectivity index (χ3v) is 5.79. The molecule has 0 atom stereocenters. The number of hydrazone groups is 1. The molecule has 0 heterocycles. The Morgan fingerprint density at radius 3 is 1.93 bits per heavy atom. The molecule has 10 heteroatoms. The lowest BCUT2D eigenvalue weighted by Gasteiger charge is -2.08. The predicted molar refractivity (Wildman–Crippen MR) is 150 cm³/mol. The first-order chi connectivity index (χ1) is 19.2. The first kappa shape index (κ1) is 27.4. The highest BCUT2D eigenvalue weighted by atomic mass is 16.6. The first-order valence-electron chi connectivity index (χ1n) is 12.1. The van der Waals surface area contributed by atoms with E-state index in [0.29, 0.717) is 11.3 Å². The second kappa shape index (κ2) is 12.3. The third kappa shape index (κ3) is 6.81. The first-order valence-corrected chi connectivity index (χ1v) is 12.1. The Morgan fingerprint density at radius 2 is 1.32 bits per heavy atom. The molecule has 0 aliphatic rings. The molecule has 0 fully saturated rings. The zero-order chi connectivity index (χ0) is 28.6. The number of carbonyl (C=O) groups excluding carboxylic acids is 3. The number of amides is 2. The van der Waals surface area contributed by atoms with Gasteiger partial charge in [-0.1, -0.05) is 41.5 Å². The van der Waals surface area contributed by atoms with Gasteiger partial charge in [0.15, 0.2) is 0 Å². The number of esters is 1. The Hall–Kier alpha value is -5.64. The monoisotopic (exact) mass is 536 g/mol. The fourth-order valence-corrected chi connectivity index (χ4v) is 3.58. The van der Waals surface area contributed by atoms with Gasteiger partial charge in [0.2, 0.25) is 5.75 Å². The van der Waals surface area contributed by atoms with E-state index in [1.54, 1.807) is 48.5 Å². The zero-order valence-electron chi connectivity index (χ0n) is 21.6. The van der Waals surface area contributed by atoms with Gasteiger partial charge < -0.3 is 10.1 Å². The summed E-state index contributed by atoms with van der Waals surface area (Å²) in [7, 11) is 0. The fourth-order valence-electron chi connectivity index (χ4n) is 3.58. The van der Waals surface area contributed by atoms with Crippen LogP contribution in [0.3, 0.4) is 0 Å². The van der Waals surface area contributed by atoms with Gasteiger partial charge in [-0.15, -0.1) is 0 Å². The number of para-hydroxylation sites is 1. The average Bonchev–Trinajstić information content (AvgIpc) is 2.94. The third-order valence-electron chi connectivity index (χ3n) is 5.79. The van der Waals surface area contributed by atoms with Gasteiger partial charge in [-0.05, 0) is 68.4 Å². The average molecular weight is 537 g/mol. The van der Waals surface area contributed by atoms with Crippen molar-refractivity contribution in [2.24, 2.45) is 5.10 Å². The van der Waals surface area contributed by atoms with Gasteiger partial charge in [0.25, 0.3) is 11.8 Å². The van der Waals surface area contributed by atoms with E-state index in [2.05, 4.69) is 15.8 Å². The fraction of sp³-hybridized carbons (Fsp3) is 0.0667. The lowest BCUT2D eigenvalue weighted by Crippen LogP contribution is -2.18. The minimum atomic E-state index is -0.775. The molecule has 0 aliphatic heterocycles. The number of nitro groups is 1. The van der Waals surface area contributed by atoms with E-state index >= 15 is 0 Å². The Kier molecular flexibility index (Phi) is 8.40. The number of hydrogen-bond acceptors (Lipinski definition) is 7. The molecule has 10 nitrogen and oxygen atoms in total. The number of hydrogen-bond donors (Lipinski definition) is 2. The summed E-state index contributed by atoms with van der Waals surface area (Å²) in [5, 5.41) is 18.2. The molecule has 0 radical (unpaired) electrons. The van der Waals surface area contributed by atoms with E-state index in [9.17, 15) is 24.5 Å². The van der Waals surface area contributed by atoms with Gasteiger partial charge in [-0.3, -0.25) is 19.7 Å². The molecule has 2 N–H and O–H groups in total. The molecule has 0 aromatic heterocycles. The maximum absolute atomic E-state index is 12.6. The van der Waals surface area contributed by atoms with Gasteiger partial charge in [0.05, 0.1) is 16.7 Å². The molecule has 4 aromatic carbocycles. The van der Waals surface area contributed by atoms with Crippen LogP contribution in [-0.2, 0) is 0 Å². The highest BCUT2D eigenvalue weighted by Gasteiger charge is 2.22. The normalized spacial score (nSPS) is 10.7. The number of nitrogens with one attached hydrogen (secondary N) is 2. The molecule has 0 aliphatic carbocycles. The van der Waals surface area contributed by atoms with Crippen LogP contribution in [0.15, 0.2) is 96.1 Å². The van der Waals surface area contributed by atoms with Crippen molar-refractivity contribution < 1.29 is 24.0 Å². The van der Waals surface area contributed by atoms with Crippen molar-refractivity contribution in [2.75, 3.05) is 5.32 Å². The Balaban J connectivity index is 1.43. The second-order valence-electron chi connectivity index (χ2n) is 8.80. The summed E-state index contributed by atoms with van der Waals surface area (Å²) < 4.78 is 5.37. The van der Waals surface area contributed by atoms with Crippen LogP contribution in [0.25, 0.3) is 0 Å². The predicted octanol–water partition coefficient (Wildman–Crippen LogP) is 5.45. The molecule has 40 heavy (non-hydrogen) atoms. The summed E-state index contributed by atoms with van der Waals surface area (Å²) in [5.74, 6) is -1.92. The number of ether oxygens (including phenoxy) is 1. The van der Waals surface area contributed by atoms with E-state index in [1.165, 1.54) is 30.3 Å². The molecule has 200 valence electrons.